The Morgan fingerprint density at radius 2 is 0.800 bits per heavy atom. The summed E-state index contributed by atoms with van der Waals surface area (Å²) in [4.78, 5) is 19.9. The van der Waals surface area contributed by atoms with Crippen LogP contribution in [0, 0.1) is 0 Å². The van der Waals surface area contributed by atoms with Gasteiger partial charge in [-0.15, -0.1) is 0 Å². The van der Waals surface area contributed by atoms with Crippen LogP contribution in [0.15, 0.2) is 164 Å². The smallest absolute Gasteiger partial charge is 0.164 e. The van der Waals surface area contributed by atoms with Crippen LogP contribution in [-0.2, 0) is 0 Å². The summed E-state index contributed by atoms with van der Waals surface area (Å²) in [7, 11) is 0. The Balaban J connectivity index is 1.29. The highest BCUT2D eigenvalue weighted by Gasteiger charge is 2.18. The first-order valence-corrected chi connectivity index (χ1v) is 14.9. The average Bonchev–Trinajstić information content (AvgIpc) is 3.53. The molecule has 0 amide bonds. The molecule has 5 nitrogen and oxygen atoms in total. The molecule has 0 radical (unpaired) electrons. The van der Waals surface area contributed by atoms with E-state index in [1.807, 2.05) is 97.1 Å². The van der Waals surface area contributed by atoms with Crippen LogP contribution in [0.1, 0.15) is 0 Å². The highest BCUT2D eigenvalue weighted by atomic mass is 15.0. The van der Waals surface area contributed by atoms with Gasteiger partial charge in [-0.1, -0.05) is 133 Å². The standard InChI is InChI=1S/C40H27N5/c1-4-14-28(15-5-1)31-20-12-22-33(26-31)37-36(41-35-24-10-11-25-45(35)37)32-21-13-23-34(27-32)40-43-38(29-16-6-2-7-17-29)42-39(44-40)30-18-8-3-9-19-30/h1-27H. The number of hydrogen-bond donors (Lipinski definition) is 0. The zero-order valence-electron chi connectivity index (χ0n) is 24.3. The summed E-state index contributed by atoms with van der Waals surface area (Å²) in [5.41, 5.74) is 10.0. The van der Waals surface area contributed by atoms with Crippen molar-refractivity contribution in [3.8, 4) is 67.8 Å². The molecule has 0 N–H and O–H groups in total. The summed E-state index contributed by atoms with van der Waals surface area (Å²) in [5.74, 6) is 1.88. The van der Waals surface area contributed by atoms with Gasteiger partial charge in [0.2, 0.25) is 0 Å². The van der Waals surface area contributed by atoms with Crippen molar-refractivity contribution in [3.63, 3.8) is 0 Å². The van der Waals surface area contributed by atoms with E-state index in [0.717, 1.165) is 50.4 Å². The van der Waals surface area contributed by atoms with E-state index in [1.165, 1.54) is 5.56 Å². The lowest BCUT2D eigenvalue weighted by Crippen LogP contribution is -2.00. The summed E-state index contributed by atoms with van der Waals surface area (Å²) in [6.45, 7) is 0. The van der Waals surface area contributed by atoms with Gasteiger partial charge in [-0.25, -0.2) is 19.9 Å². The van der Waals surface area contributed by atoms with Crippen molar-refractivity contribution >= 4 is 5.65 Å². The van der Waals surface area contributed by atoms with Crippen LogP contribution in [0.25, 0.3) is 73.5 Å². The molecule has 5 heteroatoms. The number of pyridine rings is 1. The molecule has 0 aliphatic rings. The van der Waals surface area contributed by atoms with Crippen molar-refractivity contribution in [2.24, 2.45) is 0 Å². The van der Waals surface area contributed by atoms with Gasteiger partial charge in [0.15, 0.2) is 17.5 Å². The maximum atomic E-state index is 5.14. The summed E-state index contributed by atoms with van der Waals surface area (Å²) in [5, 5.41) is 0. The zero-order chi connectivity index (χ0) is 30.0. The van der Waals surface area contributed by atoms with Crippen molar-refractivity contribution in [2.75, 3.05) is 0 Å². The Kier molecular flexibility index (Phi) is 6.74. The van der Waals surface area contributed by atoms with Crippen LogP contribution in [0.3, 0.4) is 0 Å². The maximum Gasteiger partial charge on any atom is 0.164 e. The average molecular weight is 578 g/mol. The van der Waals surface area contributed by atoms with Gasteiger partial charge in [0.05, 0.1) is 11.4 Å². The third kappa shape index (κ3) is 5.17. The fraction of sp³-hybridized carbons (Fsp3) is 0. The Labute approximate surface area is 261 Å². The van der Waals surface area contributed by atoms with Crippen LogP contribution in [0.4, 0.5) is 0 Å². The molecule has 212 valence electrons. The second kappa shape index (κ2) is 11.5. The van der Waals surface area contributed by atoms with Crippen molar-refractivity contribution in [1.82, 2.24) is 24.3 Å². The molecule has 3 aromatic heterocycles. The van der Waals surface area contributed by atoms with Crippen molar-refractivity contribution < 1.29 is 0 Å². The molecule has 0 saturated heterocycles. The van der Waals surface area contributed by atoms with Crippen molar-refractivity contribution in [3.05, 3.63) is 164 Å². The Morgan fingerprint density at radius 1 is 0.333 bits per heavy atom. The van der Waals surface area contributed by atoms with Crippen LogP contribution in [0.5, 0.6) is 0 Å². The SMILES string of the molecule is c1ccc(-c2cccc(-c3c(-c4cccc(-c5nc(-c6ccccc6)nc(-c6ccccc6)n5)c4)nc4ccccn34)c2)cc1. The van der Waals surface area contributed by atoms with Crippen molar-refractivity contribution in [2.45, 2.75) is 0 Å². The highest BCUT2D eigenvalue weighted by molar-refractivity contribution is 5.85. The Hall–Kier alpha value is -6.20. The van der Waals surface area contributed by atoms with Gasteiger partial charge >= 0.3 is 0 Å². The lowest BCUT2D eigenvalue weighted by atomic mass is 9.98. The van der Waals surface area contributed by atoms with E-state index >= 15 is 0 Å². The summed E-state index contributed by atoms with van der Waals surface area (Å²) < 4.78 is 2.16. The third-order valence-electron chi connectivity index (χ3n) is 7.87. The van der Waals surface area contributed by atoms with Gasteiger partial charge in [0.25, 0.3) is 0 Å². The molecule has 0 aliphatic carbocycles. The molecule has 45 heavy (non-hydrogen) atoms. The number of rotatable bonds is 6. The largest absolute Gasteiger partial charge is 0.299 e. The van der Waals surface area contributed by atoms with E-state index in [9.17, 15) is 0 Å². The Morgan fingerprint density at radius 3 is 1.44 bits per heavy atom. The molecule has 0 atom stereocenters. The second-order valence-corrected chi connectivity index (χ2v) is 10.8. The van der Waals surface area contributed by atoms with Gasteiger partial charge in [-0.2, -0.15) is 0 Å². The third-order valence-corrected chi connectivity index (χ3v) is 7.87. The zero-order valence-corrected chi connectivity index (χ0v) is 24.3. The lowest BCUT2D eigenvalue weighted by molar-refractivity contribution is 1.07. The number of aromatic nitrogens is 5. The van der Waals surface area contributed by atoms with Gasteiger partial charge in [0.1, 0.15) is 5.65 Å². The van der Waals surface area contributed by atoms with Crippen LogP contribution in [-0.4, -0.2) is 24.3 Å². The normalized spacial score (nSPS) is 11.1. The van der Waals surface area contributed by atoms with E-state index in [1.54, 1.807) is 0 Å². The van der Waals surface area contributed by atoms with E-state index in [0.29, 0.717) is 17.5 Å². The minimum atomic E-state index is 0.612. The molecule has 3 heterocycles. The molecule has 0 unspecified atom stereocenters. The molecule has 0 spiro atoms. The number of hydrogen-bond acceptors (Lipinski definition) is 4. The molecule has 0 fully saturated rings. The topological polar surface area (TPSA) is 56.0 Å². The molecule has 5 aromatic carbocycles. The molecule has 8 aromatic rings. The second-order valence-electron chi connectivity index (χ2n) is 10.8. The van der Waals surface area contributed by atoms with Gasteiger partial charge in [0, 0.05) is 34.0 Å². The highest BCUT2D eigenvalue weighted by Crippen LogP contribution is 2.36. The predicted octanol–water partition coefficient (Wildman–Crippen LogP) is 9.52. The number of nitrogens with zero attached hydrogens (tertiary/aromatic N) is 5. The fourth-order valence-electron chi connectivity index (χ4n) is 5.69. The van der Waals surface area contributed by atoms with E-state index < -0.39 is 0 Å². The molecule has 8 rings (SSSR count). The van der Waals surface area contributed by atoms with E-state index in [-0.39, 0.29) is 0 Å². The number of benzene rings is 5. The quantitative estimate of drug-likeness (QED) is 0.197. The Bertz CT molecular complexity index is 2200. The number of fused-ring (bicyclic) bond motifs is 1. The predicted molar refractivity (Wildman–Crippen MR) is 181 cm³/mol. The summed E-state index contributed by atoms with van der Waals surface area (Å²) in [6, 6.07) is 53.6. The van der Waals surface area contributed by atoms with Crippen molar-refractivity contribution in [1.29, 1.82) is 0 Å². The summed E-state index contributed by atoms with van der Waals surface area (Å²) in [6.07, 6.45) is 2.07. The molecule has 0 bridgehead atoms. The summed E-state index contributed by atoms with van der Waals surface area (Å²) >= 11 is 0. The monoisotopic (exact) mass is 577 g/mol. The molecule has 0 saturated carbocycles. The van der Waals surface area contributed by atoms with Gasteiger partial charge in [-0.3, -0.25) is 4.40 Å². The minimum absolute atomic E-state index is 0.612. The minimum Gasteiger partial charge on any atom is -0.299 e. The van der Waals surface area contributed by atoms with Gasteiger partial charge in [-0.05, 0) is 35.4 Å². The van der Waals surface area contributed by atoms with E-state index in [4.69, 9.17) is 19.9 Å². The lowest BCUT2D eigenvalue weighted by Gasteiger charge is -2.11. The van der Waals surface area contributed by atoms with Gasteiger partial charge < -0.3 is 0 Å². The first kappa shape index (κ1) is 26.4. The fourth-order valence-corrected chi connectivity index (χ4v) is 5.69. The molecular formula is C40H27N5. The first-order valence-electron chi connectivity index (χ1n) is 14.9. The van der Waals surface area contributed by atoms with Crippen LogP contribution >= 0.6 is 0 Å². The molecule has 0 aliphatic heterocycles. The van der Waals surface area contributed by atoms with Crippen LogP contribution < -0.4 is 0 Å². The molecular weight excluding hydrogens is 550 g/mol. The number of imidazole rings is 1. The first-order chi connectivity index (χ1) is 22.3. The maximum absolute atomic E-state index is 5.14. The van der Waals surface area contributed by atoms with E-state index in [2.05, 4.69) is 71.3 Å². The van der Waals surface area contributed by atoms with Crippen LogP contribution in [0.2, 0.25) is 0 Å².